The highest BCUT2D eigenvalue weighted by Gasteiger charge is 2.43. The number of rotatable bonds is 4. The second kappa shape index (κ2) is 6.16. The molecule has 0 aliphatic heterocycles. The first-order valence-corrected chi connectivity index (χ1v) is 7.02. The summed E-state index contributed by atoms with van der Waals surface area (Å²) in [5.74, 6) is -2.77. The molecule has 2 N–H and O–H groups in total. The molecule has 0 bridgehead atoms. The van der Waals surface area contributed by atoms with Gasteiger partial charge in [0.15, 0.2) is 0 Å². The normalized spacial score (nSPS) is 19.5. The molecule has 1 aromatic rings. The highest BCUT2D eigenvalue weighted by atomic mass is 19.4. The van der Waals surface area contributed by atoms with E-state index in [-0.39, 0.29) is 5.56 Å². The topological polar surface area (TPSA) is 66.8 Å². The molecule has 1 atom stereocenters. The van der Waals surface area contributed by atoms with Gasteiger partial charge in [0.2, 0.25) is 0 Å². The average molecular weight is 318 g/mol. The van der Waals surface area contributed by atoms with Crippen molar-refractivity contribution in [2.24, 2.45) is 0 Å². The van der Waals surface area contributed by atoms with Crippen molar-refractivity contribution in [2.75, 3.05) is 0 Å². The monoisotopic (exact) mass is 318 g/mol. The quantitative estimate of drug-likeness (QED) is 0.892. The number of aliphatic carboxylic acids is 1. The summed E-state index contributed by atoms with van der Waals surface area (Å²) in [6, 6.07) is 4.63. The maximum absolute atomic E-state index is 12.1. The van der Waals surface area contributed by atoms with Crippen LogP contribution in [0.4, 0.5) is 13.2 Å². The van der Waals surface area contributed by atoms with Crippen LogP contribution in [0.3, 0.4) is 0 Å². The molecule has 0 spiro atoms. The van der Waals surface area contributed by atoms with Crippen LogP contribution in [0, 0.1) is 0 Å². The van der Waals surface area contributed by atoms with Crippen LogP contribution in [0.1, 0.15) is 43.6 Å². The van der Waals surface area contributed by atoms with Crippen LogP contribution in [0.2, 0.25) is 0 Å². The lowest BCUT2D eigenvalue weighted by Crippen LogP contribution is -2.42. The van der Waals surface area contributed by atoms with Gasteiger partial charge in [-0.25, -0.2) is 0 Å². The summed E-state index contributed by atoms with van der Waals surface area (Å²) >= 11 is 0. The number of halogens is 3. The summed E-state index contributed by atoms with van der Waals surface area (Å²) in [6.07, 6.45) is -1.66. The smallest absolute Gasteiger partial charge is 0.481 e. The maximum Gasteiger partial charge on any atom is 0.573 e. The third-order valence-electron chi connectivity index (χ3n) is 3.95. The van der Waals surface area contributed by atoms with Crippen molar-refractivity contribution in [1.29, 1.82) is 0 Å². The van der Waals surface area contributed by atoms with Crippen LogP contribution in [-0.4, -0.2) is 28.1 Å². The number of hydrogen-bond donors (Lipinski definition) is 2. The van der Waals surface area contributed by atoms with E-state index in [4.69, 9.17) is 0 Å². The molecule has 1 aliphatic carbocycles. The van der Waals surface area contributed by atoms with Crippen molar-refractivity contribution < 1.29 is 32.9 Å². The Labute approximate surface area is 125 Å². The second-order valence-corrected chi connectivity index (χ2v) is 5.55. The number of carboxylic acid groups (broad SMARTS) is 1. The van der Waals surface area contributed by atoms with Gasteiger partial charge >= 0.3 is 12.3 Å². The van der Waals surface area contributed by atoms with Crippen molar-refractivity contribution in [3.8, 4) is 5.75 Å². The van der Waals surface area contributed by atoms with Gasteiger partial charge in [-0.2, -0.15) is 0 Å². The second-order valence-electron chi connectivity index (χ2n) is 5.55. The Morgan fingerprint density at radius 3 is 2.14 bits per heavy atom. The molecule has 0 unspecified atom stereocenters. The van der Waals surface area contributed by atoms with Crippen LogP contribution in [0.25, 0.3) is 0 Å². The molecule has 0 aromatic heterocycles. The van der Waals surface area contributed by atoms with Gasteiger partial charge in [-0.3, -0.25) is 4.79 Å². The van der Waals surface area contributed by atoms with Gasteiger partial charge in [0.05, 0.1) is 5.60 Å². The summed E-state index contributed by atoms with van der Waals surface area (Å²) in [5.41, 5.74) is -1.09. The Kier molecular flexibility index (Phi) is 4.65. The molecule has 2 rings (SSSR count). The highest BCUT2D eigenvalue weighted by Crippen LogP contribution is 2.40. The summed E-state index contributed by atoms with van der Waals surface area (Å²) in [7, 11) is 0. The molecule has 1 aromatic carbocycles. The fraction of sp³-hybridized carbons (Fsp3) is 0.533. The van der Waals surface area contributed by atoms with E-state index in [1.165, 1.54) is 12.1 Å². The predicted molar refractivity (Wildman–Crippen MR) is 71.5 cm³/mol. The lowest BCUT2D eigenvalue weighted by molar-refractivity contribution is -0.274. The van der Waals surface area contributed by atoms with Gasteiger partial charge in [0.25, 0.3) is 0 Å². The zero-order valence-corrected chi connectivity index (χ0v) is 11.8. The maximum atomic E-state index is 12.1. The number of alkyl halides is 3. The number of carbonyl (C=O) groups is 1. The lowest BCUT2D eigenvalue weighted by Gasteiger charge is -2.37. The van der Waals surface area contributed by atoms with Gasteiger partial charge < -0.3 is 14.9 Å². The van der Waals surface area contributed by atoms with Gasteiger partial charge in [0, 0.05) is 0 Å². The van der Waals surface area contributed by atoms with Crippen LogP contribution in [-0.2, 0) is 4.79 Å². The van der Waals surface area contributed by atoms with E-state index >= 15 is 0 Å². The molecule has 0 amide bonds. The van der Waals surface area contributed by atoms with Gasteiger partial charge in [-0.1, -0.05) is 31.4 Å². The van der Waals surface area contributed by atoms with Crippen molar-refractivity contribution in [3.63, 3.8) is 0 Å². The zero-order valence-electron chi connectivity index (χ0n) is 11.8. The van der Waals surface area contributed by atoms with Gasteiger partial charge in [-0.05, 0) is 30.5 Å². The first-order valence-electron chi connectivity index (χ1n) is 7.02. The molecule has 0 radical (unpaired) electrons. The van der Waals surface area contributed by atoms with E-state index in [0.29, 0.717) is 12.8 Å². The van der Waals surface area contributed by atoms with Crippen LogP contribution in [0.5, 0.6) is 5.75 Å². The Hall–Kier alpha value is -1.76. The highest BCUT2D eigenvalue weighted by molar-refractivity contribution is 5.78. The summed E-state index contributed by atoms with van der Waals surface area (Å²) in [5, 5.41) is 20.0. The minimum atomic E-state index is -4.80. The van der Waals surface area contributed by atoms with E-state index in [1.54, 1.807) is 0 Å². The molecule has 0 heterocycles. The van der Waals surface area contributed by atoms with E-state index < -0.39 is 29.6 Å². The summed E-state index contributed by atoms with van der Waals surface area (Å²) in [4.78, 5) is 11.5. The molecule has 1 saturated carbocycles. The van der Waals surface area contributed by atoms with E-state index in [2.05, 4.69) is 4.74 Å². The molecule has 122 valence electrons. The van der Waals surface area contributed by atoms with Crippen molar-refractivity contribution in [3.05, 3.63) is 29.8 Å². The van der Waals surface area contributed by atoms with Crippen molar-refractivity contribution in [1.82, 2.24) is 0 Å². The summed E-state index contributed by atoms with van der Waals surface area (Å²) < 4.78 is 40.1. The molecular weight excluding hydrogens is 301 g/mol. The molecule has 0 saturated heterocycles. The Balaban J connectivity index is 2.24. The Bertz CT molecular complexity index is 519. The molecular formula is C15H17F3O4. The molecule has 22 heavy (non-hydrogen) atoms. The lowest BCUT2D eigenvalue weighted by atomic mass is 9.73. The number of hydrogen-bond acceptors (Lipinski definition) is 3. The Morgan fingerprint density at radius 1 is 1.14 bits per heavy atom. The number of benzene rings is 1. The predicted octanol–water partition coefficient (Wildman–Crippen LogP) is 3.45. The minimum Gasteiger partial charge on any atom is -0.481 e. The third-order valence-corrected chi connectivity index (χ3v) is 3.95. The molecule has 1 aliphatic rings. The van der Waals surface area contributed by atoms with E-state index in [0.717, 1.165) is 31.4 Å². The fourth-order valence-electron chi connectivity index (χ4n) is 3.00. The van der Waals surface area contributed by atoms with Crippen molar-refractivity contribution in [2.45, 2.75) is 50.0 Å². The number of carboxylic acids is 1. The standard InChI is InChI=1S/C15H17F3O4/c16-15(17,18)22-11-6-4-10(5-7-11)12(13(19)20)14(21)8-2-1-3-9-14/h4-7,12,21H,1-3,8-9H2,(H,19,20)/t12-/m1/s1. The van der Waals surface area contributed by atoms with Gasteiger partial charge in [0.1, 0.15) is 11.7 Å². The molecule has 7 heteroatoms. The first-order chi connectivity index (χ1) is 10.2. The third kappa shape index (κ3) is 3.91. The van der Waals surface area contributed by atoms with Crippen LogP contribution < -0.4 is 4.74 Å². The fourth-order valence-corrected chi connectivity index (χ4v) is 3.00. The van der Waals surface area contributed by atoms with E-state index in [9.17, 15) is 28.2 Å². The first kappa shape index (κ1) is 16.6. The molecule has 1 fully saturated rings. The largest absolute Gasteiger partial charge is 0.573 e. The Morgan fingerprint density at radius 2 is 1.68 bits per heavy atom. The minimum absolute atomic E-state index is 0.270. The number of aliphatic hydroxyl groups is 1. The average Bonchev–Trinajstić information content (AvgIpc) is 2.39. The SMILES string of the molecule is O=C(O)[C@@H](c1ccc(OC(F)(F)F)cc1)C1(O)CCCCC1. The van der Waals surface area contributed by atoms with Crippen LogP contribution in [0.15, 0.2) is 24.3 Å². The zero-order chi connectivity index (χ0) is 16.4. The van der Waals surface area contributed by atoms with E-state index in [1.807, 2.05) is 0 Å². The van der Waals surface area contributed by atoms with Crippen molar-refractivity contribution >= 4 is 5.97 Å². The van der Waals surface area contributed by atoms with Crippen LogP contribution >= 0.6 is 0 Å². The number of ether oxygens (including phenoxy) is 1. The van der Waals surface area contributed by atoms with Gasteiger partial charge in [-0.15, -0.1) is 13.2 Å². The molecule has 4 nitrogen and oxygen atoms in total. The summed E-state index contributed by atoms with van der Waals surface area (Å²) in [6.45, 7) is 0.